The number of nitrogens with zero attached hydrogens (tertiary/aromatic N) is 8. The van der Waals surface area contributed by atoms with Gasteiger partial charge < -0.3 is 28.7 Å². The molecular formula is C40H48N10O6. The maximum Gasteiger partial charge on any atom is 0.290 e. The first-order chi connectivity index (χ1) is 27.4. The molecule has 3 fully saturated rings. The molecule has 2 N–H and O–H groups in total. The van der Waals surface area contributed by atoms with Gasteiger partial charge in [0.25, 0.3) is 11.1 Å². The number of hydrogen-bond donors (Lipinski definition) is 2. The van der Waals surface area contributed by atoms with Crippen molar-refractivity contribution in [1.82, 2.24) is 40.0 Å². The lowest BCUT2D eigenvalue weighted by Crippen LogP contribution is -2.40. The smallest absolute Gasteiger partial charge is 0.290 e. The van der Waals surface area contributed by atoms with E-state index in [1.54, 1.807) is 14.1 Å². The summed E-state index contributed by atoms with van der Waals surface area (Å²) >= 11 is 0. The van der Waals surface area contributed by atoms with Gasteiger partial charge >= 0.3 is 0 Å². The summed E-state index contributed by atoms with van der Waals surface area (Å²) in [6, 6.07) is 13.6. The first-order valence-electron chi connectivity index (χ1n) is 19.5. The standard InChI is InChI=1S/2C19H21N5O3.C2H6/c1-23-19(25)17(24-6-8-26-9-7-24)11-16(22-23)18-14-10-13(27-12-2-3-12)4-5-15(14)20-21-18;1-23-19(25)15(24-6-9-26-10-7-24)11-14(22-23)18-17-12-3-2-8-27-16(12)5-4-13(17)20-21-18;1-2/h4-5,10-12H,2-3,6-9H2,1H3,(H,20,21);4-5,11H,2-3,6-10H2,1H3,(H,20,21);1-2H3. The number of H-pyrrole nitrogens is 2. The number of morpholine rings is 2. The lowest BCUT2D eigenvalue weighted by molar-refractivity contribution is 0.122. The molecule has 0 spiro atoms. The highest BCUT2D eigenvalue weighted by Crippen LogP contribution is 2.37. The van der Waals surface area contributed by atoms with Crippen LogP contribution in [0.1, 0.15) is 38.7 Å². The number of benzene rings is 2. The first kappa shape index (κ1) is 37.2. The highest BCUT2D eigenvalue weighted by Gasteiger charge is 2.25. The van der Waals surface area contributed by atoms with Gasteiger partial charge in [-0.25, -0.2) is 9.36 Å². The van der Waals surface area contributed by atoms with Crippen molar-refractivity contribution in [3.8, 4) is 34.3 Å². The van der Waals surface area contributed by atoms with Crippen LogP contribution < -0.4 is 30.4 Å². The Morgan fingerprint density at radius 2 is 1.29 bits per heavy atom. The second-order valence-electron chi connectivity index (χ2n) is 14.0. The van der Waals surface area contributed by atoms with Crippen LogP contribution >= 0.6 is 0 Å². The Balaban J connectivity index is 0.000000151. The quantitative estimate of drug-likeness (QED) is 0.248. The fourth-order valence-corrected chi connectivity index (χ4v) is 7.28. The molecule has 1 aliphatic carbocycles. The van der Waals surface area contributed by atoms with E-state index in [4.69, 9.17) is 18.9 Å². The van der Waals surface area contributed by atoms with E-state index in [1.165, 1.54) is 9.36 Å². The monoisotopic (exact) mass is 764 g/mol. The number of aromatic amines is 2. The summed E-state index contributed by atoms with van der Waals surface area (Å²) < 4.78 is 25.3. The molecule has 10 rings (SSSR count). The highest BCUT2D eigenvalue weighted by atomic mass is 16.5. The van der Waals surface area contributed by atoms with Crippen molar-refractivity contribution in [2.24, 2.45) is 14.1 Å². The number of hydrogen-bond acceptors (Lipinski definition) is 12. The molecule has 16 heteroatoms. The molecular weight excluding hydrogens is 717 g/mol. The Kier molecular flexibility index (Phi) is 10.7. The highest BCUT2D eigenvalue weighted by molar-refractivity contribution is 5.96. The maximum absolute atomic E-state index is 12.7. The largest absolute Gasteiger partial charge is 0.493 e. The lowest BCUT2D eigenvalue weighted by atomic mass is 9.99. The minimum Gasteiger partial charge on any atom is -0.493 e. The zero-order valence-electron chi connectivity index (χ0n) is 32.3. The van der Waals surface area contributed by atoms with Gasteiger partial charge in [-0.05, 0) is 68.1 Å². The van der Waals surface area contributed by atoms with Gasteiger partial charge in [0.15, 0.2) is 0 Å². The summed E-state index contributed by atoms with van der Waals surface area (Å²) in [6.07, 6.45) is 4.49. The molecule has 6 aromatic rings. The molecule has 4 aliphatic rings. The van der Waals surface area contributed by atoms with Crippen LogP contribution in [-0.2, 0) is 30.0 Å². The summed E-state index contributed by atoms with van der Waals surface area (Å²) in [7, 11) is 3.36. The summed E-state index contributed by atoms with van der Waals surface area (Å²) in [6.45, 7) is 10.0. The number of fused-ring (bicyclic) bond motifs is 4. The fourth-order valence-electron chi connectivity index (χ4n) is 7.28. The van der Waals surface area contributed by atoms with E-state index in [0.29, 0.717) is 81.5 Å². The normalized spacial score (nSPS) is 16.7. The zero-order chi connectivity index (χ0) is 38.8. The van der Waals surface area contributed by atoms with Gasteiger partial charge in [-0.15, -0.1) is 0 Å². The van der Waals surface area contributed by atoms with Crippen LogP contribution in [0.3, 0.4) is 0 Å². The van der Waals surface area contributed by atoms with E-state index in [2.05, 4.69) is 35.5 Å². The Morgan fingerprint density at radius 3 is 1.91 bits per heavy atom. The van der Waals surface area contributed by atoms with Crippen LogP contribution in [0.15, 0.2) is 52.1 Å². The van der Waals surface area contributed by atoms with E-state index in [1.807, 2.05) is 61.2 Å². The lowest BCUT2D eigenvalue weighted by Gasteiger charge is -2.28. The summed E-state index contributed by atoms with van der Waals surface area (Å²) in [5, 5.41) is 26.0. The van der Waals surface area contributed by atoms with Crippen LogP contribution in [0.5, 0.6) is 11.5 Å². The van der Waals surface area contributed by atoms with Gasteiger partial charge in [0.05, 0.1) is 50.2 Å². The van der Waals surface area contributed by atoms with Crippen LogP contribution in [0, 0.1) is 0 Å². The Hall–Kier alpha value is -5.74. The van der Waals surface area contributed by atoms with E-state index in [0.717, 1.165) is 82.5 Å². The second kappa shape index (κ2) is 16.2. The molecule has 0 amide bonds. The van der Waals surface area contributed by atoms with Crippen molar-refractivity contribution in [2.75, 3.05) is 69.0 Å². The summed E-state index contributed by atoms with van der Waals surface area (Å²) in [5.74, 6) is 1.75. The van der Waals surface area contributed by atoms with Crippen LogP contribution in [0.25, 0.3) is 44.6 Å². The molecule has 294 valence electrons. The molecule has 0 unspecified atom stereocenters. The molecule has 1 saturated carbocycles. The predicted octanol–water partition coefficient (Wildman–Crippen LogP) is 4.21. The molecule has 2 aromatic carbocycles. The van der Waals surface area contributed by atoms with Crippen molar-refractivity contribution < 1.29 is 18.9 Å². The van der Waals surface area contributed by atoms with Gasteiger partial charge in [0, 0.05) is 56.6 Å². The van der Waals surface area contributed by atoms with Gasteiger partial charge in [-0.2, -0.15) is 20.4 Å². The Bertz CT molecular complexity index is 2450. The van der Waals surface area contributed by atoms with Crippen LogP contribution in [0.4, 0.5) is 11.4 Å². The SMILES string of the molecule is CC.Cn1nc(-c2n[nH]c3ccc(OC4CC4)cc23)cc(N2CCOCC2)c1=O.Cn1nc(-c2n[nH]c3ccc4c(c23)CCCO4)cc(N2CCOCC2)c1=O. The third-order valence-electron chi connectivity index (χ3n) is 10.3. The average Bonchev–Trinajstić information content (AvgIpc) is 3.78. The fraction of sp³-hybridized carbons (Fsp3) is 0.450. The van der Waals surface area contributed by atoms with E-state index >= 15 is 0 Å². The molecule has 2 saturated heterocycles. The molecule has 0 atom stereocenters. The average molecular weight is 765 g/mol. The summed E-state index contributed by atoms with van der Waals surface area (Å²) in [5.41, 5.74) is 6.91. The Labute approximate surface area is 323 Å². The van der Waals surface area contributed by atoms with Crippen molar-refractivity contribution in [3.63, 3.8) is 0 Å². The van der Waals surface area contributed by atoms with E-state index < -0.39 is 0 Å². The second-order valence-corrected chi connectivity index (χ2v) is 14.0. The number of anilines is 2. The minimum atomic E-state index is -0.113. The third-order valence-corrected chi connectivity index (χ3v) is 10.3. The topological polar surface area (TPSA) is 171 Å². The van der Waals surface area contributed by atoms with Crippen molar-refractivity contribution in [1.29, 1.82) is 0 Å². The third kappa shape index (κ3) is 7.45. The number of rotatable bonds is 6. The molecule has 7 heterocycles. The predicted molar refractivity (Wildman–Crippen MR) is 214 cm³/mol. The van der Waals surface area contributed by atoms with Gasteiger partial charge in [-0.1, -0.05) is 13.8 Å². The number of aryl methyl sites for hydroxylation is 3. The van der Waals surface area contributed by atoms with Gasteiger partial charge in [-0.3, -0.25) is 19.8 Å². The minimum absolute atomic E-state index is 0.106. The Morgan fingerprint density at radius 1 is 0.714 bits per heavy atom. The zero-order valence-corrected chi connectivity index (χ0v) is 32.3. The van der Waals surface area contributed by atoms with Crippen molar-refractivity contribution in [3.05, 3.63) is 68.7 Å². The maximum atomic E-state index is 12.7. The van der Waals surface area contributed by atoms with Crippen LogP contribution in [0.2, 0.25) is 0 Å². The van der Waals surface area contributed by atoms with Gasteiger partial charge in [0.1, 0.15) is 45.6 Å². The molecule has 0 radical (unpaired) electrons. The molecule has 56 heavy (non-hydrogen) atoms. The van der Waals surface area contributed by atoms with Crippen molar-refractivity contribution in [2.45, 2.75) is 45.6 Å². The summed E-state index contributed by atoms with van der Waals surface area (Å²) in [4.78, 5) is 29.4. The molecule has 3 aliphatic heterocycles. The number of ether oxygens (including phenoxy) is 4. The number of aromatic nitrogens is 8. The van der Waals surface area contributed by atoms with Crippen molar-refractivity contribution >= 4 is 33.2 Å². The van der Waals surface area contributed by atoms with E-state index in [9.17, 15) is 9.59 Å². The van der Waals surface area contributed by atoms with E-state index in [-0.39, 0.29) is 11.1 Å². The molecule has 0 bridgehead atoms. The van der Waals surface area contributed by atoms with Crippen LogP contribution in [-0.4, -0.2) is 105 Å². The first-order valence-corrected chi connectivity index (χ1v) is 19.5. The molecule has 16 nitrogen and oxygen atoms in total. The number of nitrogens with one attached hydrogen (secondary N) is 2. The van der Waals surface area contributed by atoms with Gasteiger partial charge in [0.2, 0.25) is 0 Å². The molecule has 4 aromatic heterocycles.